The van der Waals surface area contributed by atoms with Crippen LogP contribution in [0.15, 0.2) is 48.5 Å². The summed E-state index contributed by atoms with van der Waals surface area (Å²) in [5, 5.41) is 20.8. The number of nitrogens with zero attached hydrogens (tertiary/aromatic N) is 3. The van der Waals surface area contributed by atoms with Gasteiger partial charge in [0.05, 0.1) is 11.1 Å². The molecule has 0 aliphatic carbocycles. The molecule has 0 aliphatic heterocycles. The maximum absolute atomic E-state index is 10.9. The maximum atomic E-state index is 10.9. The van der Waals surface area contributed by atoms with Crippen molar-refractivity contribution in [2.75, 3.05) is 11.9 Å². The van der Waals surface area contributed by atoms with E-state index in [1.54, 1.807) is 0 Å². The zero-order valence-corrected chi connectivity index (χ0v) is 15.2. The number of nitrogens with one attached hydrogen (secondary N) is 1. The van der Waals surface area contributed by atoms with E-state index in [1.165, 1.54) is 48.5 Å². The predicted octanol–water partition coefficient (Wildman–Crippen LogP) is 3.28. The molecular weight excluding hydrogens is 380 g/mol. The summed E-state index contributed by atoms with van der Waals surface area (Å²) in [5.41, 5.74) is 0.241. The van der Waals surface area contributed by atoms with Gasteiger partial charge in [0, 0.05) is 6.54 Å². The van der Waals surface area contributed by atoms with E-state index in [1.807, 2.05) is 6.92 Å². The van der Waals surface area contributed by atoms with Crippen molar-refractivity contribution in [1.82, 2.24) is 15.0 Å². The van der Waals surface area contributed by atoms with Crippen LogP contribution < -0.4 is 14.8 Å². The Labute approximate surface area is 164 Å². The molecule has 0 radical (unpaired) electrons. The number of carboxylic acid groups (broad SMARTS) is 2. The first-order valence-corrected chi connectivity index (χ1v) is 8.47. The number of hydrogen-bond acceptors (Lipinski definition) is 8. The summed E-state index contributed by atoms with van der Waals surface area (Å²) in [6.07, 6.45) is 0. The van der Waals surface area contributed by atoms with E-state index in [0.29, 0.717) is 18.0 Å². The molecule has 0 saturated heterocycles. The minimum Gasteiger partial charge on any atom is -0.478 e. The van der Waals surface area contributed by atoms with Gasteiger partial charge in [-0.1, -0.05) is 0 Å². The van der Waals surface area contributed by atoms with E-state index < -0.39 is 11.9 Å². The first-order chi connectivity index (χ1) is 13.9. The number of carbonyl (C=O) groups is 2. The van der Waals surface area contributed by atoms with Crippen LogP contribution in [0, 0.1) is 0 Å². The van der Waals surface area contributed by atoms with Crippen LogP contribution in [0.4, 0.5) is 5.95 Å². The van der Waals surface area contributed by atoms with Gasteiger partial charge in [-0.15, -0.1) is 4.98 Å². The summed E-state index contributed by atoms with van der Waals surface area (Å²) in [6, 6.07) is 11.4. The molecule has 0 fully saturated rings. The summed E-state index contributed by atoms with van der Waals surface area (Å²) < 4.78 is 11.2. The highest BCUT2D eigenvalue weighted by Crippen LogP contribution is 2.24. The van der Waals surface area contributed by atoms with Gasteiger partial charge < -0.3 is 25.0 Å². The fourth-order valence-corrected chi connectivity index (χ4v) is 2.21. The van der Waals surface area contributed by atoms with Gasteiger partial charge in [0.25, 0.3) is 0 Å². The van der Waals surface area contributed by atoms with Gasteiger partial charge in [-0.3, -0.25) is 0 Å². The topological polar surface area (TPSA) is 144 Å². The molecule has 29 heavy (non-hydrogen) atoms. The summed E-state index contributed by atoms with van der Waals surface area (Å²) >= 11 is 0. The van der Waals surface area contributed by atoms with Gasteiger partial charge in [0.1, 0.15) is 11.5 Å². The zero-order valence-electron chi connectivity index (χ0n) is 15.2. The highest BCUT2D eigenvalue weighted by molar-refractivity contribution is 5.88. The van der Waals surface area contributed by atoms with Crippen molar-refractivity contribution in [3.05, 3.63) is 59.7 Å². The van der Waals surface area contributed by atoms with Crippen LogP contribution in [0.5, 0.6) is 23.5 Å². The quantitative estimate of drug-likeness (QED) is 0.519. The summed E-state index contributed by atoms with van der Waals surface area (Å²) in [4.78, 5) is 34.2. The van der Waals surface area contributed by atoms with E-state index in [2.05, 4.69) is 20.3 Å². The Morgan fingerprint density at radius 3 is 1.55 bits per heavy atom. The minimum atomic E-state index is -1.05. The van der Waals surface area contributed by atoms with Crippen LogP contribution in [-0.2, 0) is 0 Å². The van der Waals surface area contributed by atoms with Crippen LogP contribution in [0.3, 0.4) is 0 Å². The Balaban J connectivity index is 1.83. The fourth-order valence-electron chi connectivity index (χ4n) is 2.21. The second-order valence-corrected chi connectivity index (χ2v) is 5.62. The van der Waals surface area contributed by atoms with E-state index in [-0.39, 0.29) is 29.1 Å². The lowest BCUT2D eigenvalue weighted by atomic mass is 10.2. The Morgan fingerprint density at radius 1 is 0.793 bits per heavy atom. The van der Waals surface area contributed by atoms with Crippen LogP contribution >= 0.6 is 0 Å². The average Bonchev–Trinajstić information content (AvgIpc) is 2.69. The van der Waals surface area contributed by atoms with Crippen molar-refractivity contribution in [2.45, 2.75) is 6.92 Å². The molecule has 3 N–H and O–H groups in total. The highest BCUT2D eigenvalue weighted by atomic mass is 16.5. The van der Waals surface area contributed by atoms with Crippen molar-refractivity contribution >= 4 is 17.9 Å². The van der Waals surface area contributed by atoms with Crippen LogP contribution in [-0.4, -0.2) is 43.6 Å². The molecule has 0 aliphatic rings. The molecular formula is C19H16N4O6. The average molecular weight is 396 g/mol. The van der Waals surface area contributed by atoms with Crippen molar-refractivity contribution in [2.24, 2.45) is 0 Å². The lowest BCUT2D eigenvalue weighted by Crippen LogP contribution is -2.06. The molecule has 3 rings (SSSR count). The molecule has 0 bridgehead atoms. The molecule has 0 atom stereocenters. The van der Waals surface area contributed by atoms with Gasteiger partial charge in [0.2, 0.25) is 5.95 Å². The fraction of sp³-hybridized carbons (Fsp3) is 0.105. The third-order valence-corrected chi connectivity index (χ3v) is 3.55. The predicted molar refractivity (Wildman–Crippen MR) is 101 cm³/mol. The Morgan fingerprint density at radius 2 is 1.21 bits per heavy atom. The summed E-state index contributed by atoms with van der Waals surface area (Å²) in [6.45, 7) is 2.41. The molecule has 10 heteroatoms. The van der Waals surface area contributed by atoms with Crippen molar-refractivity contribution < 1.29 is 29.3 Å². The third-order valence-electron chi connectivity index (χ3n) is 3.55. The maximum Gasteiger partial charge on any atom is 0.335 e. The number of rotatable bonds is 8. The molecule has 148 valence electrons. The molecule has 0 unspecified atom stereocenters. The second kappa shape index (κ2) is 8.65. The van der Waals surface area contributed by atoms with Crippen molar-refractivity contribution in [1.29, 1.82) is 0 Å². The Kier molecular flexibility index (Phi) is 5.83. The Bertz CT molecular complexity index is 944. The monoisotopic (exact) mass is 396 g/mol. The number of aromatic carboxylic acids is 2. The number of ether oxygens (including phenoxy) is 2. The molecule has 0 amide bonds. The number of aromatic nitrogens is 3. The van der Waals surface area contributed by atoms with Crippen LogP contribution in [0.2, 0.25) is 0 Å². The van der Waals surface area contributed by atoms with Gasteiger partial charge in [-0.2, -0.15) is 9.97 Å². The lowest BCUT2D eigenvalue weighted by molar-refractivity contribution is 0.0686. The second-order valence-electron chi connectivity index (χ2n) is 5.62. The van der Waals surface area contributed by atoms with E-state index in [4.69, 9.17) is 19.7 Å². The van der Waals surface area contributed by atoms with Gasteiger partial charge in [-0.25, -0.2) is 9.59 Å². The number of carboxylic acids is 2. The van der Waals surface area contributed by atoms with Crippen molar-refractivity contribution in [3.8, 4) is 23.5 Å². The smallest absolute Gasteiger partial charge is 0.335 e. The summed E-state index contributed by atoms with van der Waals surface area (Å²) in [7, 11) is 0. The summed E-state index contributed by atoms with van der Waals surface area (Å²) in [5.74, 6) is -1.20. The normalized spacial score (nSPS) is 10.2. The van der Waals surface area contributed by atoms with Crippen LogP contribution in [0.1, 0.15) is 27.6 Å². The van der Waals surface area contributed by atoms with Gasteiger partial charge >= 0.3 is 24.0 Å². The molecule has 0 spiro atoms. The molecule has 1 aromatic heterocycles. The SMILES string of the molecule is CCNc1nc(Oc2ccc(C(=O)O)cc2)nc(Oc2ccc(C(=O)O)cc2)n1. The highest BCUT2D eigenvalue weighted by Gasteiger charge is 2.12. The van der Waals surface area contributed by atoms with E-state index >= 15 is 0 Å². The molecule has 0 saturated carbocycles. The largest absolute Gasteiger partial charge is 0.478 e. The molecule has 2 aromatic carbocycles. The van der Waals surface area contributed by atoms with E-state index in [9.17, 15) is 9.59 Å². The zero-order chi connectivity index (χ0) is 20.8. The van der Waals surface area contributed by atoms with Crippen molar-refractivity contribution in [3.63, 3.8) is 0 Å². The third kappa shape index (κ3) is 5.16. The first-order valence-electron chi connectivity index (χ1n) is 8.47. The number of hydrogen-bond donors (Lipinski definition) is 3. The number of anilines is 1. The van der Waals surface area contributed by atoms with Gasteiger partial charge in [-0.05, 0) is 55.5 Å². The number of benzene rings is 2. The Hall–Kier alpha value is -4.21. The first kappa shape index (κ1) is 19.5. The minimum absolute atomic E-state index is 0.0591. The van der Waals surface area contributed by atoms with E-state index in [0.717, 1.165) is 0 Å². The standard InChI is InChI=1S/C19H16N4O6/c1-2-20-17-21-18(28-13-7-3-11(4-8-13)15(24)25)23-19(22-17)29-14-9-5-12(6-10-14)16(26)27/h3-10H,2H2,1H3,(H,24,25)(H,26,27)(H,20,21,22,23). The van der Waals surface area contributed by atoms with Crippen LogP contribution in [0.25, 0.3) is 0 Å². The molecule has 1 heterocycles. The molecule has 3 aromatic rings. The molecule has 10 nitrogen and oxygen atoms in total. The van der Waals surface area contributed by atoms with Gasteiger partial charge in [0.15, 0.2) is 0 Å². The lowest BCUT2D eigenvalue weighted by Gasteiger charge is -2.09.